The van der Waals surface area contributed by atoms with Gasteiger partial charge in [0.2, 0.25) is 5.91 Å². The number of amides is 1. The number of hydrogen-bond donors (Lipinski definition) is 1. The van der Waals surface area contributed by atoms with E-state index in [1.807, 2.05) is 42.7 Å². The maximum atomic E-state index is 12.1. The molecule has 5 heteroatoms. The molecule has 0 radical (unpaired) electrons. The van der Waals surface area contributed by atoms with Crippen molar-refractivity contribution >= 4 is 11.6 Å². The van der Waals surface area contributed by atoms with Crippen LogP contribution in [0.3, 0.4) is 0 Å². The molecule has 2 unspecified atom stereocenters. The second kappa shape index (κ2) is 8.09. The highest BCUT2D eigenvalue weighted by Crippen LogP contribution is 2.43. The number of pyridine rings is 1. The number of anilines is 1. The van der Waals surface area contributed by atoms with Gasteiger partial charge in [0.15, 0.2) is 0 Å². The Kier molecular flexibility index (Phi) is 5.39. The summed E-state index contributed by atoms with van der Waals surface area (Å²) >= 11 is 0. The molecule has 0 aliphatic carbocycles. The van der Waals surface area contributed by atoms with Gasteiger partial charge in [0.25, 0.3) is 0 Å². The van der Waals surface area contributed by atoms with Crippen molar-refractivity contribution < 1.29 is 4.79 Å². The standard InChI is InChI=1S/C22H28N4O/c1-25-13-9-21-19(16-25)18-15-23-11-8-20(18)26(21)12-5-10-24-22(27)14-17-6-3-2-4-7-17/h2-4,6-8,11,15,19,21H,5,9-10,12-14,16H2,1H3,(H,24,27). The first-order valence-corrected chi connectivity index (χ1v) is 9.92. The van der Waals surface area contributed by atoms with Gasteiger partial charge in [0.05, 0.1) is 6.42 Å². The summed E-state index contributed by atoms with van der Waals surface area (Å²) in [6.45, 7) is 3.95. The maximum absolute atomic E-state index is 12.1. The van der Waals surface area contributed by atoms with Crippen molar-refractivity contribution in [2.75, 3.05) is 38.1 Å². The number of likely N-dealkylation sites (tertiary alicyclic amines) is 1. The molecule has 27 heavy (non-hydrogen) atoms. The zero-order valence-electron chi connectivity index (χ0n) is 16.0. The fraction of sp³-hybridized carbons (Fsp3) is 0.455. The number of carbonyl (C=O) groups excluding carboxylic acids is 1. The van der Waals surface area contributed by atoms with Crippen LogP contribution in [-0.2, 0) is 11.2 Å². The highest BCUT2D eigenvalue weighted by molar-refractivity contribution is 5.78. The average Bonchev–Trinajstić information content (AvgIpc) is 2.99. The normalized spacial score (nSPS) is 21.6. The van der Waals surface area contributed by atoms with Crippen LogP contribution in [0.25, 0.3) is 0 Å². The predicted molar refractivity (Wildman–Crippen MR) is 108 cm³/mol. The lowest BCUT2D eigenvalue weighted by molar-refractivity contribution is -0.120. The Morgan fingerprint density at radius 3 is 2.96 bits per heavy atom. The molecule has 4 rings (SSSR count). The SMILES string of the molecule is CN1CCC2C(C1)c1cnccc1N2CCCNC(=O)Cc1ccccc1. The monoisotopic (exact) mass is 364 g/mol. The third kappa shape index (κ3) is 3.98. The van der Waals surface area contributed by atoms with E-state index >= 15 is 0 Å². The largest absolute Gasteiger partial charge is 0.367 e. The van der Waals surface area contributed by atoms with Crippen molar-refractivity contribution in [3.05, 3.63) is 59.9 Å². The lowest BCUT2D eigenvalue weighted by Gasteiger charge is -2.37. The van der Waals surface area contributed by atoms with Crippen LogP contribution < -0.4 is 10.2 Å². The number of nitrogens with one attached hydrogen (secondary N) is 1. The molecule has 142 valence electrons. The summed E-state index contributed by atoms with van der Waals surface area (Å²) in [7, 11) is 2.21. The number of hydrogen-bond acceptors (Lipinski definition) is 4. The lowest BCUT2D eigenvalue weighted by Crippen LogP contribution is -2.45. The van der Waals surface area contributed by atoms with Crippen LogP contribution in [0, 0.1) is 0 Å². The van der Waals surface area contributed by atoms with E-state index in [4.69, 9.17) is 0 Å². The number of piperidine rings is 1. The predicted octanol–water partition coefficient (Wildman–Crippen LogP) is 2.44. The molecular weight excluding hydrogens is 336 g/mol. The zero-order chi connectivity index (χ0) is 18.6. The Hall–Kier alpha value is -2.40. The van der Waals surface area contributed by atoms with Crippen molar-refractivity contribution in [1.82, 2.24) is 15.2 Å². The van der Waals surface area contributed by atoms with Gasteiger partial charge in [-0.05, 0) is 38.1 Å². The Labute approximate surface area is 161 Å². The summed E-state index contributed by atoms with van der Waals surface area (Å²) in [5.74, 6) is 0.657. The summed E-state index contributed by atoms with van der Waals surface area (Å²) in [5, 5.41) is 3.07. The minimum absolute atomic E-state index is 0.101. The molecule has 2 aliphatic rings. The van der Waals surface area contributed by atoms with Crippen LogP contribution in [0.5, 0.6) is 0 Å². The van der Waals surface area contributed by atoms with E-state index in [0.29, 0.717) is 18.4 Å². The number of aromatic nitrogens is 1. The van der Waals surface area contributed by atoms with E-state index in [1.165, 1.54) is 17.7 Å². The van der Waals surface area contributed by atoms with Crippen LogP contribution in [0.15, 0.2) is 48.8 Å². The fourth-order valence-corrected chi connectivity index (χ4v) is 4.51. The van der Waals surface area contributed by atoms with Gasteiger partial charge in [-0.3, -0.25) is 9.78 Å². The molecule has 5 nitrogen and oxygen atoms in total. The topological polar surface area (TPSA) is 48.5 Å². The smallest absolute Gasteiger partial charge is 0.224 e. The van der Waals surface area contributed by atoms with Gasteiger partial charge in [-0.15, -0.1) is 0 Å². The average molecular weight is 364 g/mol. The van der Waals surface area contributed by atoms with Gasteiger partial charge >= 0.3 is 0 Å². The van der Waals surface area contributed by atoms with Crippen LogP contribution >= 0.6 is 0 Å². The molecule has 0 bridgehead atoms. The molecule has 1 aromatic carbocycles. The molecule has 2 atom stereocenters. The molecule has 0 spiro atoms. The van der Waals surface area contributed by atoms with Crippen molar-refractivity contribution in [3.8, 4) is 0 Å². The van der Waals surface area contributed by atoms with E-state index in [0.717, 1.165) is 38.2 Å². The number of carbonyl (C=O) groups is 1. The minimum Gasteiger partial charge on any atom is -0.367 e. The quantitative estimate of drug-likeness (QED) is 0.800. The van der Waals surface area contributed by atoms with Gasteiger partial charge in [0.1, 0.15) is 0 Å². The van der Waals surface area contributed by atoms with E-state index in [1.54, 1.807) is 0 Å². The maximum Gasteiger partial charge on any atom is 0.224 e. The van der Waals surface area contributed by atoms with Crippen molar-refractivity contribution in [1.29, 1.82) is 0 Å². The summed E-state index contributed by atoms with van der Waals surface area (Å²) in [6, 6.07) is 12.6. The molecule has 2 aliphatic heterocycles. The summed E-state index contributed by atoms with van der Waals surface area (Å²) < 4.78 is 0. The van der Waals surface area contributed by atoms with E-state index in [9.17, 15) is 4.79 Å². The highest BCUT2D eigenvalue weighted by Gasteiger charge is 2.40. The molecule has 2 aromatic rings. The van der Waals surface area contributed by atoms with Crippen LogP contribution in [0.4, 0.5) is 5.69 Å². The summed E-state index contributed by atoms with van der Waals surface area (Å²) in [6.07, 6.45) is 6.55. The summed E-state index contributed by atoms with van der Waals surface area (Å²) in [5.41, 5.74) is 3.79. The van der Waals surface area contributed by atoms with Gasteiger partial charge in [-0.2, -0.15) is 0 Å². The molecule has 1 N–H and O–H groups in total. The van der Waals surface area contributed by atoms with Crippen LogP contribution in [-0.4, -0.2) is 55.1 Å². The Morgan fingerprint density at radius 1 is 1.26 bits per heavy atom. The van der Waals surface area contributed by atoms with Crippen molar-refractivity contribution in [2.24, 2.45) is 0 Å². The van der Waals surface area contributed by atoms with Crippen LogP contribution in [0.1, 0.15) is 29.9 Å². The fourth-order valence-electron chi connectivity index (χ4n) is 4.51. The summed E-state index contributed by atoms with van der Waals surface area (Å²) in [4.78, 5) is 21.5. The highest BCUT2D eigenvalue weighted by atomic mass is 16.1. The first-order chi connectivity index (χ1) is 13.2. The van der Waals surface area contributed by atoms with Crippen molar-refractivity contribution in [2.45, 2.75) is 31.2 Å². The molecule has 0 saturated carbocycles. The number of benzene rings is 1. The molecule has 1 saturated heterocycles. The van der Waals surface area contributed by atoms with Gasteiger partial charge in [0, 0.05) is 55.2 Å². The van der Waals surface area contributed by atoms with E-state index < -0.39 is 0 Å². The Balaban J connectivity index is 1.31. The minimum atomic E-state index is 0.101. The first kappa shape index (κ1) is 18.0. The van der Waals surface area contributed by atoms with E-state index in [2.05, 4.69) is 33.2 Å². The molecule has 1 amide bonds. The number of rotatable bonds is 6. The van der Waals surface area contributed by atoms with E-state index in [-0.39, 0.29) is 5.91 Å². The Bertz CT molecular complexity index is 779. The van der Waals surface area contributed by atoms with Crippen LogP contribution in [0.2, 0.25) is 0 Å². The zero-order valence-corrected chi connectivity index (χ0v) is 16.0. The number of likely N-dealkylation sites (N-methyl/N-ethyl adjacent to an activating group) is 1. The van der Waals surface area contributed by atoms with Crippen molar-refractivity contribution in [3.63, 3.8) is 0 Å². The third-order valence-corrected chi connectivity index (χ3v) is 5.82. The van der Waals surface area contributed by atoms with Gasteiger partial charge in [-0.1, -0.05) is 30.3 Å². The first-order valence-electron chi connectivity index (χ1n) is 9.92. The second-order valence-electron chi connectivity index (χ2n) is 7.72. The second-order valence-corrected chi connectivity index (χ2v) is 7.72. The number of fused-ring (bicyclic) bond motifs is 3. The van der Waals surface area contributed by atoms with Gasteiger partial charge in [-0.25, -0.2) is 0 Å². The lowest BCUT2D eigenvalue weighted by atomic mass is 9.90. The van der Waals surface area contributed by atoms with Gasteiger partial charge < -0.3 is 15.1 Å². The Morgan fingerprint density at radius 2 is 2.11 bits per heavy atom. The molecular formula is C22H28N4O. The third-order valence-electron chi connectivity index (χ3n) is 5.82. The molecule has 1 aromatic heterocycles. The molecule has 3 heterocycles. The number of nitrogens with zero attached hydrogens (tertiary/aromatic N) is 3. The molecule has 1 fully saturated rings.